The lowest BCUT2D eigenvalue weighted by Crippen LogP contribution is -2.56. The Morgan fingerprint density at radius 3 is 2.31 bits per heavy atom. The zero-order valence-electron chi connectivity index (χ0n) is 19.4. The number of amides is 1. The third-order valence-corrected chi connectivity index (χ3v) is 10.6. The average molecular weight is 405 g/mol. The van der Waals surface area contributed by atoms with Crippen LogP contribution < -0.4 is 5.73 Å². The Balaban J connectivity index is 1.50. The molecule has 0 aliphatic heterocycles. The second-order valence-corrected chi connectivity index (χ2v) is 11.8. The first-order valence-electron chi connectivity index (χ1n) is 12.3. The molecule has 4 aliphatic rings. The van der Waals surface area contributed by atoms with Crippen molar-refractivity contribution in [1.29, 1.82) is 0 Å². The molecule has 29 heavy (non-hydrogen) atoms. The summed E-state index contributed by atoms with van der Waals surface area (Å²) in [5.41, 5.74) is 6.65. The van der Waals surface area contributed by atoms with Crippen LogP contribution in [0.25, 0.3) is 0 Å². The van der Waals surface area contributed by atoms with Gasteiger partial charge in [-0.2, -0.15) is 0 Å². The number of nitrogens with zero attached hydrogens (tertiary/aromatic N) is 1. The lowest BCUT2D eigenvalue weighted by molar-refractivity contribution is -0.142. The molecular formula is C25H44N2O2. The third kappa shape index (κ3) is 3.28. The molecule has 0 aromatic heterocycles. The molecule has 0 spiro atoms. The lowest BCUT2D eigenvalue weighted by Gasteiger charge is -2.61. The van der Waals surface area contributed by atoms with Gasteiger partial charge in [-0.1, -0.05) is 13.8 Å². The summed E-state index contributed by atoms with van der Waals surface area (Å²) in [6.07, 6.45) is 11.2. The minimum absolute atomic E-state index is 0.0934. The maximum atomic E-state index is 12.4. The van der Waals surface area contributed by atoms with Gasteiger partial charge in [-0.15, -0.1) is 0 Å². The van der Waals surface area contributed by atoms with E-state index >= 15 is 0 Å². The van der Waals surface area contributed by atoms with Crippen LogP contribution in [0.4, 0.5) is 0 Å². The molecule has 4 fully saturated rings. The molecule has 10 atom stereocenters. The molecule has 166 valence electrons. The van der Waals surface area contributed by atoms with Crippen molar-refractivity contribution in [3.63, 3.8) is 0 Å². The number of aliphatic hydroxyl groups is 1. The van der Waals surface area contributed by atoms with Gasteiger partial charge in [-0.25, -0.2) is 0 Å². The molecule has 0 saturated heterocycles. The standard InChI is InChI=1S/C25H44N2O2/c1-15(26)23(29)27(5)18-10-12-24(3)17(14-18)6-7-19-21-9-8-20(16(2)28)25(21,4)13-11-22(19)24/h15-22,28H,6-14,26H2,1-5H3/t15?,16-,17-,18+,19?,20+,21?,22?,24-,25+/m0/s1. The molecule has 0 aromatic rings. The fourth-order valence-corrected chi connectivity index (χ4v) is 8.92. The quantitative estimate of drug-likeness (QED) is 0.741. The molecule has 4 nitrogen and oxygen atoms in total. The molecule has 4 aliphatic carbocycles. The number of likely N-dealkylation sites (N-methyl/N-ethyl adjacent to an activating group) is 1. The van der Waals surface area contributed by atoms with Crippen molar-refractivity contribution < 1.29 is 9.90 Å². The molecule has 3 N–H and O–H groups in total. The first-order chi connectivity index (χ1) is 13.6. The fraction of sp³-hybridized carbons (Fsp3) is 0.960. The van der Waals surface area contributed by atoms with Crippen molar-refractivity contribution >= 4 is 5.91 Å². The van der Waals surface area contributed by atoms with Crippen LogP contribution in [-0.4, -0.2) is 41.1 Å². The molecule has 1 amide bonds. The second kappa shape index (κ2) is 7.51. The number of nitrogens with two attached hydrogens (primary N) is 1. The highest BCUT2D eigenvalue weighted by atomic mass is 16.3. The lowest BCUT2D eigenvalue weighted by atomic mass is 9.44. The summed E-state index contributed by atoms with van der Waals surface area (Å²) in [7, 11) is 1.96. The smallest absolute Gasteiger partial charge is 0.239 e. The van der Waals surface area contributed by atoms with Crippen LogP contribution in [0.5, 0.6) is 0 Å². The maximum Gasteiger partial charge on any atom is 0.239 e. The minimum atomic E-state index is -0.399. The summed E-state index contributed by atoms with van der Waals surface area (Å²) in [5.74, 6) is 3.81. The van der Waals surface area contributed by atoms with Gasteiger partial charge < -0.3 is 15.7 Å². The van der Waals surface area contributed by atoms with Gasteiger partial charge in [0.05, 0.1) is 12.1 Å². The van der Waals surface area contributed by atoms with Crippen molar-refractivity contribution in [2.75, 3.05) is 7.05 Å². The highest BCUT2D eigenvalue weighted by molar-refractivity contribution is 5.81. The molecule has 4 unspecified atom stereocenters. The van der Waals surface area contributed by atoms with Crippen LogP contribution in [0.1, 0.15) is 85.5 Å². The molecule has 4 heteroatoms. The van der Waals surface area contributed by atoms with E-state index in [4.69, 9.17) is 5.73 Å². The number of carbonyl (C=O) groups excluding carboxylic acids is 1. The van der Waals surface area contributed by atoms with E-state index in [1.54, 1.807) is 6.92 Å². The van der Waals surface area contributed by atoms with Gasteiger partial charge in [-0.3, -0.25) is 4.79 Å². The Bertz CT molecular complexity index is 634. The van der Waals surface area contributed by atoms with Crippen molar-refractivity contribution in [2.45, 2.75) is 104 Å². The van der Waals surface area contributed by atoms with E-state index in [9.17, 15) is 9.90 Å². The molecule has 4 saturated carbocycles. The number of hydrogen-bond acceptors (Lipinski definition) is 3. The maximum absolute atomic E-state index is 12.4. The summed E-state index contributed by atoms with van der Waals surface area (Å²) in [6, 6.07) is -0.0348. The Labute approximate surface area is 178 Å². The van der Waals surface area contributed by atoms with Gasteiger partial charge in [0.25, 0.3) is 0 Å². The van der Waals surface area contributed by atoms with Crippen molar-refractivity contribution in [3.05, 3.63) is 0 Å². The predicted molar refractivity (Wildman–Crippen MR) is 117 cm³/mol. The van der Waals surface area contributed by atoms with Crippen LogP contribution in [0.3, 0.4) is 0 Å². The fourth-order valence-electron chi connectivity index (χ4n) is 8.92. The van der Waals surface area contributed by atoms with Gasteiger partial charge in [0.2, 0.25) is 5.91 Å². The van der Waals surface area contributed by atoms with E-state index < -0.39 is 6.04 Å². The van der Waals surface area contributed by atoms with Gasteiger partial charge in [0.1, 0.15) is 0 Å². The molecule has 0 radical (unpaired) electrons. The summed E-state index contributed by atoms with van der Waals surface area (Å²) >= 11 is 0. The third-order valence-electron chi connectivity index (χ3n) is 10.6. The number of aliphatic hydroxyl groups excluding tert-OH is 1. The van der Waals surface area contributed by atoms with Crippen LogP contribution in [-0.2, 0) is 4.79 Å². The van der Waals surface area contributed by atoms with E-state index in [0.717, 1.165) is 36.5 Å². The molecular weight excluding hydrogens is 360 g/mol. The molecule has 0 aromatic carbocycles. The van der Waals surface area contributed by atoms with Crippen molar-refractivity contribution in [1.82, 2.24) is 4.90 Å². The Hall–Kier alpha value is -0.610. The van der Waals surface area contributed by atoms with Gasteiger partial charge in [0.15, 0.2) is 0 Å². The van der Waals surface area contributed by atoms with Crippen LogP contribution in [0, 0.1) is 40.4 Å². The van der Waals surface area contributed by atoms with E-state index in [-0.39, 0.29) is 12.0 Å². The number of carbonyl (C=O) groups is 1. The normalized spacial score (nSPS) is 48.8. The predicted octanol–water partition coefficient (Wildman–Crippen LogP) is 4.20. The number of fused-ring (bicyclic) bond motifs is 5. The van der Waals surface area contributed by atoms with Gasteiger partial charge in [-0.05, 0) is 112 Å². The molecule has 4 rings (SSSR count). The first-order valence-corrected chi connectivity index (χ1v) is 12.3. The van der Waals surface area contributed by atoms with E-state index in [0.29, 0.717) is 22.8 Å². The summed E-state index contributed by atoms with van der Waals surface area (Å²) < 4.78 is 0. The summed E-state index contributed by atoms with van der Waals surface area (Å²) in [6.45, 7) is 8.90. The zero-order valence-corrected chi connectivity index (χ0v) is 19.4. The Morgan fingerprint density at radius 1 is 1.00 bits per heavy atom. The zero-order chi connectivity index (χ0) is 21.1. The van der Waals surface area contributed by atoms with Crippen molar-refractivity contribution in [2.24, 2.45) is 46.2 Å². The van der Waals surface area contributed by atoms with Crippen LogP contribution >= 0.6 is 0 Å². The molecule has 0 heterocycles. The molecule has 0 bridgehead atoms. The monoisotopic (exact) mass is 404 g/mol. The summed E-state index contributed by atoms with van der Waals surface area (Å²) in [5, 5.41) is 10.4. The van der Waals surface area contributed by atoms with E-state index in [1.807, 2.05) is 18.9 Å². The highest BCUT2D eigenvalue weighted by Gasteiger charge is 2.60. The average Bonchev–Trinajstić information content (AvgIpc) is 3.03. The Kier molecular flexibility index (Phi) is 5.60. The summed E-state index contributed by atoms with van der Waals surface area (Å²) in [4.78, 5) is 14.4. The highest BCUT2D eigenvalue weighted by Crippen LogP contribution is 2.67. The van der Waals surface area contributed by atoms with Gasteiger partial charge in [0, 0.05) is 13.1 Å². The first kappa shape index (κ1) is 21.6. The van der Waals surface area contributed by atoms with Crippen LogP contribution in [0.2, 0.25) is 0 Å². The second-order valence-electron chi connectivity index (χ2n) is 11.8. The topological polar surface area (TPSA) is 66.6 Å². The van der Waals surface area contributed by atoms with Crippen molar-refractivity contribution in [3.8, 4) is 0 Å². The number of rotatable bonds is 3. The minimum Gasteiger partial charge on any atom is -0.393 e. The van der Waals surface area contributed by atoms with E-state index in [1.165, 1.54) is 44.9 Å². The number of hydrogen-bond donors (Lipinski definition) is 2. The Morgan fingerprint density at radius 2 is 1.66 bits per heavy atom. The largest absolute Gasteiger partial charge is 0.393 e. The van der Waals surface area contributed by atoms with E-state index in [2.05, 4.69) is 13.8 Å². The van der Waals surface area contributed by atoms with Gasteiger partial charge >= 0.3 is 0 Å². The SMILES string of the molecule is CC(N)C(=O)N(C)[C@@H]1CC[C@]2(C)C3CC[C@@]4(C)C(CC[C@@H]4[C@H](C)O)C3CC[C@H]2C1. The van der Waals surface area contributed by atoms with Crippen LogP contribution in [0.15, 0.2) is 0 Å².